The van der Waals surface area contributed by atoms with Crippen molar-refractivity contribution in [1.82, 2.24) is 4.98 Å². The summed E-state index contributed by atoms with van der Waals surface area (Å²) in [4.78, 5) is 4.27. The van der Waals surface area contributed by atoms with Crippen LogP contribution >= 0.6 is 0 Å². The van der Waals surface area contributed by atoms with Gasteiger partial charge in [0.15, 0.2) is 23.3 Å². The van der Waals surface area contributed by atoms with E-state index in [1.165, 1.54) is 0 Å². The van der Waals surface area contributed by atoms with Crippen molar-refractivity contribution >= 4 is 5.82 Å². The number of anilines is 1. The third-order valence-electron chi connectivity index (χ3n) is 5.57. The van der Waals surface area contributed by atoms with Crippen LogP contribution in [0.15, 0.2) is 0 Å². The van der Waals surface area contributed by atoms with E-state index in [-0.39, 0.29) is 16.9 Å². The van der Waals surface area contributed by atoms with Gasteiger partial charge >= 0.3 is 0 Å². The Morgan fingerprint density at radius 3 is 1.67 bits per heavy atom. The smallest absolute Gasteiger partial charge is 0.200 e. The maximum absolute atomic E-state index is 14.7. The maximum atomic E-state index is 14.7. The van der Waals surface area contributed by atoms with Crippen molar-refractivity contribution in [2.75, 3.05) is 5.73 Å². The third-order valence-corrected chi connectivity index (χ3v) is 5.57. The summed E-state index contributed by atoms with van der Waals surface area (Å²) in [7, 11) is 0. The highest BCUT2D eigenvalue weighted by Crippen LogP contribution is 2.39. The molecule has 0 fully saturated rings. The molecule has 8 heteroatoms. The van der Waals surface area contributed by atoms with Crippen molar-refractivity contribution in [1.29, 1.82) is 5.26 Å². The zero-order valence-electron chi connectivity index (χ0n) is 16.4. The van der Waals surface area contributed by atoms with E-state index in [9.17, 15) is 27.2 Å². The van der Waals surface area contributed by atoms with Gasteiger partial charge in [-0.05, 0) is 31.2 Å². The summed E-state index contributed by atoms with van der Waals surface area (Å²) in [6.07, 6.45) is 8.19. The van der Waals surface area contributed by atoms with Crippen molar-refractivity contribution < 1.29 is 22.0 Å². The highest BCUT2D eigenvalue weighted by atomic mass is 19.2. The molecule has 1 heterocycles. The van der Waals surface area contributed by atoms with Gasteiger partial charge in [0.2, 0.25) is 5.82 Å². The predicted octanol–water partition coefficient (Wildman–Crippen LogP) is 6.12. The second-order valence-electron chi connectivity index (χ2n) is 7.56. The SMILES string of the molecule is N#Cc1c(N)nc2c(c1-c1c(F)c(F)c(F)c(F)c1F)CCCCCCCCCC2. The van der Waals surface area contributed by atoms with E-state index in [4.69, 9.17) is 5.73 Å². The Bertz CT molecular complexity index is 969. The van der Waals surface area contributed by atoms with Gasteiger partial charge in [-0.3, -0.25) is 0 Å². The van der Waals surface area contributed by atoms with Crippen LogP contribution in [-0.4, -0.2) is 4.98 Å². The van der Waals surface area contributed by atoms with E-state index >= 15 is 0 Å². The lowest BCUT2D eigenvalue weighted by Crippen LogP contribution is -2.12. The Morgan fingerprint density at radius 2 is 1.13 bits per heavy atom. The Hall–Kier alpha value is -2.69. The fourth-order valence-electron chi connectivity index (χ4n) is 4.04. The van der Waals surface area contributed by atoms with E-state index in [2.05, 4.69) is 4.98 Å². The average Bonchev–Trinajstić information content (AvgIpc) is 2.72. The maximum Gasteiger partial charge on any atom is 0.200 e. The number of aryl methyl sites for hydroxylation is 1. The quantitative estimate of drug-likeness (QED) is 0.342. The molecule has 30 heavy (non-hydrogen) atoms. The van der Waals surface area contributed by atoms with Crippen LogP contribution in [0.1, 0.15) is 68.2 Å². The standard InChI is InChI=1S/C22H22F5N3/c23-17-16(18(24)20(26)21(27)19(17)25)15-12-9-7-5-3-1-2-4-6-8-10-14(12)30-22(29)13(15)11-28/h1-10H2,(H2,29,30). The Labute approximate surface area is 171 Å². The second-order valence-corrected chi connectivity index (χ2v) is 7.56. The molecular formula is C22H22F5N3. The van der Waals surface area contributed by atoms with Crippen LogP contribution in [0.4, 0.5) is 27.8 Å². The van der Waals surface area contributed by atoms with Crippen LogP contribution in [0.3, 0.4) is 0 Å². The first-order valence-corrected chi connectivity index (χ1v) is 10.1. The average molecular weight is 423 g/mol. The normalized spacial score (nSPS) is 15.6. The summed E-state index contributed by atoms with van der Waals surface area (Å²) in [5, 5.41) is 9.57. The van der Waals surface area contributed by atoms with Crippen LogP contribution in [-0.2, 0) is 12.8 Å². The molecular weight excluding hydrogens is 401 g/mol. The Morgan fingerprint density at radius 1 is 0.667 bits per heavy atom. The molecule has 0 amide bonds. The van der Waals surface area contributed by atoms with E-state index in [0.717, 1.165) is 44.9 Å². The molecule has 0 saturated carbocycles. The van der Waals surface area contributed by atoms with Crippen molar-refractivity contribution in [3.05, 3.63) is 45.9 Å². The first kappa shape index (κ1) is 22.0. The van der Waals surface area contributed by atoms with Crippen molar-refractivity contribution in [3.8, 4) is 17.2 Å². The van der Waals surface area contributed by atoms with E-state index < -0.39 is 34.6 Å². The summed E-state index contributed by atoms with van der Waals surface area (Å²) in [6, 6.07) is 1.75. The summed E-state index contributed by atoms with van der Waals surface area (Å²) in [6.45, 7) is 0. The van der Waals surface area contributed by atoms with Gasteiger partial charge < -0.3 is 5.73 Å². The molecule has 0 bridgehead atoms. The fourth-order valence-corrected chi connectivity index (χ4v) is 4.04. The van der Waals surface area contributed by atoms with Crippen LogP contribution in [0.2, 0.25) is 0 Å². The van der Waals surface area contributed by atoms with E-state index in [0.29, 0.717) is 30.5 Å². The molecule has 160 valence electrons. The fraction of sp³-hybridized carbons (Fsp3) is 0.455. The molecule has 0 unspecified atom stereocenters. The first-order valence-electron chi connectivity index (χ1n) is 10.1. The molecule has 3 rings (SSSR count). The number of hydrogen-bond donors (Lipinski definition) is 1. The molecule has 0 aliphatic heterocycles. The van der Waals surface area contributed by atoms with Crippen molar-refractivity contribution in [2.45, 2.75) is 64.2 Å². The van der Waals surface area contributed by atoms with Crippen LogP contribution in [0, 0.1) is 40.4 Å². The first-order chi connectivity index (χ1) is 14.4. The summed E-state index contributed by atoms with van der Waals surface area (Å²) in [5.74, 6) is -10.6. The number of benzene rings is 1. The molecule has 2 N–H and O–H groups in total. The lowest BCUT2D eigenvalue weighted by atomic mass is 9.88. The molecule has 0 radical (unpaired) electrons. The number of rotatable bonds is 1. The molecule has 1 aromatic heterocycles. The van der Waals surface area contributed by atoms with E-state index in [1.807, 2.05) is 0 Å². The zero-order valence-corrected chi connectivity index (χ0v) is 16.4. The molecule has 3 nitrogen and oxygen atoms in total. The van der Waals surface area contributed by atoms with Crippen LogP contribution < -0.4 is 5.73 Å². The predicted molar refractivity (Wildman–Crippen MR) is 103 cm³/mol. The summed E-state index contributed by atoms with van der Waals surface area (Å²) < 4.78 is 70.8. The van der Waals surface area contributed by atoms with Crippen LogP contribution in [0.25, 0.3) is 11.1 Å². The molecule has 0 spiro atoms. The number of fused-ring (bicyclic) bond motifs is 1. The van der Waals surface area contributed by atoms with Crippen LogP contribution in [0.5, 0.6) is 0 Å². The van der Waals surface area contributed by atoms with Gasteiger partial charge in [0, 0.05) is 11.3 Å². The molecule has 0 saturated heterocycles. The van der Waals surface area contributed by atoms with Gasteiger partial charge in [-0.2, -0.15) is 5.26 Å². The van der Waals surface area contributed by atoms with Gasteiger partial charge in [-0.15, -0.1) is 0 Å². The van der Waals surface area contributed by atoms with Crippen molar-refractivity contribution in [2.24, 2.45) is 0 Å². The molecule has 0 atom stereocenters. The Kier molecular flexibility index (Phi) is 6.91. The second kappa shape index (κ2) is 9.41. The van der Waals surface area contributed by atoms with Crippen molar-refractivity contribution in [3.63, 3.8) is 0 Å². The van der Waals surface area contributed by atoms with E-state index in [1.54, 1.807) is 6.07 Å². The number of pyridine rings is 1. The lowest BCUT2D eigenvalue weighted by molar-refractivity contribution is 0.381. The number of aromatic nitrogens is 1. The molecule has 1 aliphatic carbocycles. The number of nitrogens with zero attached hydrogens (tertiary/aromatic N) is 2. The number of nitrogen functional groups attached to an aromatic ring is 1. The minimum absolute atomic E-state index is 0.276. The highest BCUT2D eigenvalue weighted by Gasteiger charge is 2.31. The minimum atomic E-state index is -2.24. The van der Waals surface area contributed by atoms with Gasteiger partial charge in [0.25, 0.3) is 0 Å². The van der Waals surface area contributed by atoms with Gasteiger partial charge in [-0.25, -0.2) is 26.9 Å². The summed E-state index contributed by atoms with van der Waals surface area (Å²) in [5.41, 5.74) is 4.85. The zero-order chi connectivity index (χ0) is 21.8. The Balaban J connectivity index is 2.30. The third kappa shape index (κ3) is 4.11. The number of hydrogen-bond acceptors (Lipinski definition) is 3. The van der Waals surface area contributed by atoms with Gasteiger partial charge in [0.1, 0.15) is 17.5 Å². The molecule has 1 aliphatic rings. The number of nitrogens with two attached hydrogens (primary N) is 1. The molecule has 1 aromatic carbocycles. The monoisotopic (exact) mass is 423 g/mol. The number of nitriles is 1. The topological polar surface area (TPSA) is 62.7 Å². The number of halogens is 5. The summed E-state index contributed by atoms with van der Waals surface area (Å²) >= 11 is 0. The van der Waals surface area contributed by atoms with Gasteiger partial charge in [0.05, 0.1) is 5.56 Å². The van der Waals surface area contributed by atoms with Gasteiger partial charge in [-0.1, -0.05) is 38.5 Å². The highest BCUT2D eigenvalue weighted by molar-refractivity contribution is 5.80. The lowest BCUT2D eigenvalue weighted by Gasteiger charge is -2.19. The minimum Gasteiger partial charge on any atom is -0.383 e. The molecule has 2 aromatic rings. The largest absolute Gasteiger partial charge is 0.383 e.